The fourth-order valence-corrected chi connectivity index (χ4v) is 8.50. The van der Waals surface area contributed by atoms with Crippen LogP contribution in [0.2, 0.25) is 34.8 Å². The van der Waals surface area contributed by atoms with Gasteiger partial charge in [0.1, 0.15) is 8.07 Å². The van der Waals surface area contributed by atoms with Gasteiger partial charge in [-0.05, 0) is 21.7 Å². The van der Waals surface area contributed by atoms with Gasteiger partial charge in [-0.2, -0.15) is 0 Å². The van der Waals surface area contributed by atoms with Crippen LogP contribution in [0.15, 0.2) is 0 Å². The van der Waals surface area contributed by atoms with Crippen LogP contribution in [-0.4, -0.2) is 16.4 Å². The van der Waals surface area contributed by atoms with Gasteiger partial charge in [-0.15, -0.1) is 0 Å². The molecule has 0 aromatic heterocycles. The zero-order chi connectivity index (χ0) is 16.4. The maximum atomic E-state index is 6.36. The molecule has 0 aromatic carbocycles. The first-order chi connectivity index (χ1) is 8.79. The molecule has 0 atom stereocenters. The lowest BCUT2D eigenvalue weighted by atomic mass is 10.2. The Morgan fingerprint density at radius 3 is 1.40 bits per heavy atom. The summed E-state index contributed by atoms with van der Waals surface area (Å²) in [4.78, 5) is 0. The number of hydrogen-bond donors (Lipinski definition) is 0. The van der Waals surface area contributed by atoms with Crippen LogP contribution in [-0.2, 0) is 4.43 Å². The summed E-state index contributed by atoms with van der Waals surface area (Å²) in [6.45, 7) is 25.4. The standard InChI is InChI=1S/C17H36OSi2/c1-14(2)20(15(3)4,16(5)6)18-12-13-19(10,11)17(7,8)9/h14-16H,1-11H3. The second-order valence-electron chi connectivity index (χ2n) is 8.52. The maximum Gasteiger partial charge on any atom is 0.272 e. The third-order valence-corrected chi connectivity index (χ3v) is 15.5. The Morgan fingerprint density at radius 2 is 1.15 bits per heavy atom. The van der Waals surface area contributed by atoms with Crippen LogP contribution in [0.1, 0.15) is 62.3 Å². The third kappa shape index (κ3) is 4.15. The maximum absolute atomic E-state index is 6.36. The van der Waals surface area contributed by atoms with E-state index in [1.165, 1.54) is 0 Å². The van der Waals surface area contributed by atoms with Crippen molar-refractivity contribution in [1.82, 2.24) is 0 Å². The molecule has 0 aliphatic heterocycles. The Balaban J connectivity index is 5.37. The zero-order valence-electron chi connectivity index (χ0n) is 15.6. The van der Waals surface area contributed by atoms with E-state index in [0.29, 0.717) is 21.7 Å². The summed E-state index contributed by atoms with van der Waals surface area (Å²) in [6, 6.07) is 0. The average molecular weight is 313 g/mol. The lowest BCUT2D eigenvalue weighted by Gasteiger charge is -2.39. The summed E-state index contributed by atoms with van der Waals surface area (Å²) in [5.41, 5.74) is 5.30. The van der Waals surface area contributed by atoms with Gasteiger partial charge < -0.3 is 4.43 Å². The minimum Gasteiger partial charge on any atom is -0.500 e. The van der Waals surface area contributed by atoms with Crippen LogP contribution < -0.4 is 0 Å². The third-order valence-electron chi connectivity index (χ3n) is 5.17. The molecule has 118 valence electrons. The molecule has 0 bridgehead atoms. The highest BCUT2D eigenvalue weighted by atomic mass is 28.4. The van der Waals surface area contributed by atoms with Crippen molar-refractivity contribution in [3.8, 4) is 11.7 Å². The largest absolute Gasteiger partial charge is 0.500 e. The van der Waals surface area contributed by atoms with Crippen molar-refractivity contribution < 1.29 is 4.43 Å². The summed E-state index contributed by atoms with van der Waals surface area (Å²) in [5, 5.41) is 0.293. The minimum atomic E-state index is -1.84. The number of hydrogen-bond acceptors (Lipinski definition) is 1. The fourth-order valence-electron chi connectivity index (χ4n) is 2.78. The highest BCUT2D eigenvalue weighted by Gasteiger charge is 2.47. The van der Waals surface area contributed by atoms with Gasteiger partial charge in [0.2, 0.25) is 0 Å². The van der Waals surface area contributed by atoms with E-state index in [1.807, 2.05) is 0 Å². The molecule has 0 fully saturated rings. The van der Waals surface area contributed by atoms with Gasteiger partial charge in [0, 0.05) is 0 Å². The molecule has 0 saturated carbocycles. The smallest absolute Gasteiger partial charge is 0.272 e. The van der Waals surface area contributed by atoms with Gasteiger partial charge in [-0.3, -0.25) is 0 Å². The van der Waals surface area contributed by atoms with E-state index in [4.69, 9.17) is 4.43 Å². The first-order valence-corrected chi connectivity index (χ1v) is 13.1. The van der Waals surface area contributed by atoms with Crippen LogP contribution in [0.5, 0.6) is 0 Å². The van der Waals surface area contributed by atoms with Gasteiger partial charge in [0.15, 0.2) is 0 Å². The van der Waals surface area contributed by atoms with E-state index in [1.54, 1.807) is 0 Å². The molecule has 0 N–H and O–H groups in total. The van der Waals surface area contributed by atoms with Crippen LogP contribution in [0.25, 0.3) is 0 Å². The van der Waals surface area contributed by atoms with Gasteiger partial charge in [0.25, 0.3) is 8.32 Å². The highest BCUT2D eigenvalue weighted by molar-refractivity contribution is 6.87. The van der Waals surface area contributed by atoms with E-state index in [9.17, 15) is 0 Å². The molecular weight excluding hydrogens is 276 g/mol. The normalized spacial score (nSPS) is 13.7. The summed E-state index contributed by atoms with van der Waals surface area (Å²) in [5.74, 6) is 0. The van der Waals surface area contributed by atoms with Crippen molar-refractivity contribution >= 4 is 16.4 Å². The molecule has 0 amide bonds. The van der Waals surface area contributed by atoms with Gasteiger partial charge in [0.05, 0.1) is 6.11 Å². The zero-order valence-corrected chi connectivity index (χ0v) is 17.6. The van der Waals surface area contributed by atoms with Crippen LogP contribution in [0.3, 0.4) is 0 Å². The van der Waals surface area contributed by atoms with Crippen molar-refractivity contribution in [2.45, 2.75) is 97.1 Å². The van der Waals surface area contributed by atoms with E-state index in [0.717, 1.165) is 0 Å². The summed E-state index contributed by atoms with van der Waals surface area (Å²) >= 11 is 0. The molecule has 0 rings (SSSR count). The molecule has 0 aromatic rings. The monoisotopic (exact) mass is 312 g/mol. The molecule has 1 nitrogen and oxygen atoms in total. The van der Waals surface area contributed by atoms with Crippen molar-refractivity contribution in [3.63, 3.8) is 0 Å². The summed E-state index contributed by atoms with van der Waals surface area (Å²) in [6.07, 6.45) is 3.19. The molecule has 0 saturated heterocycles. The second-order valence-corrected chi connectivity index (χ2v) is 18.9. The molecule has 20 heavy (non-hydrogen) atoms. The van der Waals surface area contributed by atoms with E-state index in [-0.39, 0.29) is 0 Å². The van der Waals surface area contributed by atoms with Gasteiger partial charge in [-0.25, -0.2) is 0 Å². The Kier molecular flexibility index (Phi) is 6.63. The number of rotatable bonds is 4. The van der Waals surface area contributed by atoms with Crippen LogP contribution in [0.4, 0.5) is 0 Å². The lowest BCUT2D eigenvalue weighted by molar-refractivity contribution is 0.447. The predicted octanol–water partition coefficient (Wildman–Crippen LogP) is 6.19. The molecule has 0 aliphatic carbocycles. The molecule has 3 heteroatoms. The SMILES string of the molecule is CC(C)[Si](OC#C[Si](C)(C)C(C)(C)C)(C(C)C)C(C)C. The minimum absolute atomic E-state index is 0.293. The molecule has 0 radical (unpaired) electrons. The molecule has 0 aliphatic rings. The Bertz CT molecular complexity index is 343. The van der Waals surface area contributed by atoms with E-state index >= 15 is 0 Å². The molecule has 0 unspecified atom stereocenters. The van der Waals surface area contributed by atoms with Crippen molar-refractivity contribution in [2.75, 3.05) is 0 Å². The average Bonchev–Trinajstić information content (AvgIpc) is 2.20. The van der Waals surface area contributed by atoms with E-state index < -0.39 is 16.4 Å². The van der Waals surface area contributed by atoms with E-state index in [2.05, 4.69) is 87.1 Å². The van der Waals surface area contributed by atoms with Crippen molar-refractivity contribution in [2.24, 2.45) is 0 Å². The predicted molar refractivity (Wildman–Crippen MR) is 97.1 cm³/mol. The fraction of sp³-hybridized carbons (Fsp3) is 0.882. The van der Waals surface area contributed by atoms with Crippen LogP contribution in [0, 0.1) is 11.7 Å². The van der Waals surface area contributed by atoms with Crippen LogP contribution >= 0.6 is 0 Å². The summed E-state index contributed by atoms with van der Waals surface area (Å²) in [7, 11) is -3.41. The van der Waals surface area contributed by atoms with Gasteiger partial charge >= 0.3 is 0 Å². The second kappa shape index (κ2) is 6.70. The van der Waals surface area contributed by atoms with Gasteiger partial charge in [-0.1, -0.05) is 81.0 Å². The summed E-state index contributed by atoms with van der Waals surface area (Å²) < 4.78 is 6.36. The Hall–Kier alpha value is -0.206. The lowest BCUT2D eigenvalue weighted by Crippen LogP contribution is -2.46. The van der Waals surface area contributed by atoms with Crippen molar-refractivity contribution in [3.05, 3.63) is 0 Å². The van der Waals surface area contributed by atoms with Crippen molar-refractivity contribution in [1.29, 1.82) is 0 Å². The first kappa shape index (κ1) is 19.8. The molecule has 0 heterocycles. The highest BCUT2D eigenvalue weighted by Crippen LogP contribution is 2.42. The molecular formula is C17H36OSi2. The Labute approximate surface area is 130 Å². The molecule has 0 spiro atoms. The first-order valence-electron chi connectivity index (χ1n) is 7.99. The topological polar surface area (TPSA) is 9.23 Å². The quantitative estimate of drug-likeness (QED) is 0.444. The Morgan fingerprint density at radius 1 is 0.800 bits per heavy atom.